The largest absolute Gasteiger partial charge is 0.508 e. The number of aromatic amines is 1. The zero-order chi connectivity index (χ0) is 9.42. The third-order valence-electron chi connectivity index (χ3n) is 1.80. The number of aromatic nitrogens is 2. The van der Waals surface area contributed by atoms with E-state index < -0.39 is 0 Å². The highest BCUT2D eigenvalue weighted by Crippen LogP contribution is 2.17. The molecule has 0 fully saturated rings. The van der Waals surface area contributed by atoms with E-state index >= 15 is 0 Å². The number of fused-ring (bicyclic) bond motifs is 1. The van der Waals surface area contributed by atoms with Crippen LogP contribution >= 0.6 is 0 Å². The van der Waals surface area contributed by atoms with E-state index in [1.54, 1.807) is 6.07 Å². The van der Waals surface area contributed by atoms with Gasteiger partial charge in [-0.3, -0.25) is 4.79 Å². The Morgan fingerprint density at radius 2 is 2.31 bits per heavy atom. The van der Waals surface area contributed by atoms with Gasteiger partial charge in [0, 0.05) is 13.0 Å². The predicted molar refractivity (Wildman–Crippen MR) is 47.8 cm³/mol. The predicted octanol–water partition coefficient (Wildman–Crippen LogP) is 1.47. The number of benzene rings is 1. The molecular formula is C9H8N2O2. The molecule has 66 valence electrons. The summed E-state index contributed by atoms with van der Waals surface area (Å²) < 4.78 is 0. The Morgan fingerprint density at radius 1 is 1.54 bits per heavy atom. The van der Waals surface area contributed by atoms with Crippen molar-refractivity contribution >= 4 is 16.8 Å². The highest BCUT2D eigenvalue weighted by molar-refractivity contribution is 5.94. The number of nitrogens with one attached hydrogen (secondary N) is 1. The van der Waals surface area contributed by atoms with Crippen molar-refractivity contribution in [2.24, 2.45) is 0 Å². The molecule has 0 atom stereocenters. The Bertz CT molecular complexity index is 473. The number of imidazole rings is 1. The van der Waals surface area contributed by atoms with Crippen LogP contribution in [0.15, 0.2) is 18.2 Å². The molecule has 1 aromatic heterocycles. The highest BCUT2D eigenvalue weighted by atomic mass is 16.3. The molecule has 0 aliphatic rings. The zero-order valence-electron chi connectivity index (χ0n) is 7.03. The first-order valence-electron chi connectivity index (χ1n) is 3.86. The molecule has 4 heteroatoms. The van der Waals surface area contributed by atoms with Crippen molar-refractivity contribution in [3.8, 4) is 5.75 Å². The van der Waals surface area contributed by atoms with Crippen LogP contribution in [0.2, 0.25) is 0 Å². The van der Waals surface area contributed by atoms with Gasteiger partial charge in [0.15, 0.2) is 11.6 Å². The maximum absolute atomic E-state index is 10.9. The fourth-order valence-electron chi connectivity index (χ4n) is 1.16. The minimum atomic E-state index is -0.115. The van der Waals surface area contributed by atoms with Gasteiger partial charge in [0.05, 0.1) is 11.0 Å². The lowest BCUT2D eigenvalue weighted by atomic mass is 10.3. The van der Waals surface area contributed by atoms with Gasteiger partial charge < -0.3 is 10.1 Å². The first kappa shape index (κ1) is 7.79. The van der Waals surface area contributed by atoms with Gasteiger partial charge in [0.1, 0.15) is 5.75 Å². The number of phenolic OH excluding ortho intramolecular Hbond substituents is 1. The van der Waals surface area contributed by atoms with Gasteiger partial charge in [-0.15, -0.1) is 0 Å². The number of hydrogen-bond acceptors (Lipinski definition) is 3. The molecule has 0 unspecified atom stereocenters. The highest BCUT2D eigenvalue weighted by Gasteiger charge is 2.06. The van der Waals surface area contributed by atoms with Crippen LogP contribution in [0, 0.1) is 0 Å². The Labute approximate surface area is 74.2 Å². The summed E-state index contributed by atoms with van der Waals surface area (Å²) in [5, 5.41) is 9.15. The molecule has 0 saturated carbocycles. The first-order chi connectivity index (χ1) is 6.16. The smallest absolute Gasteiger partial charge is 0.195 e. The molecule has 0 spiro atoms. The first-order valence-corrected chi connectivity index (χ1v) is 3.86. The van der Waals surface area contributed by atoms with Crippen molar-refractivity contribution in [1.82, 2.24) is 9.97 Å². The van der Waals surface area contributed by atoms with Crippen LogP contribution in [-0.4, -0.2) is 20.9 Å². The topological polar surface area (TPSA) is 66.0 Å². The standard InChI is InChI=1S/C9H8N2O2/c1-5(12)9-10-7-3-2-6(13)4-8(7)11-9/h2-4,13H,1H3,(H,10,11). The van der Waals surface area contributed by atoms with Gasteiger partial charge >= 0.3 is 0 Å². The van der Waals surface area contributed by atoms with E-state index in [1.165, 1.54) is 19.1 Å². The summed E-state index contributed by atoms with van der Waals surface area (Å²) in [6.45, 7) is 1.44. The van der Waals surface area contributed by atoms with Crippen molar-refractivity contribution in [2.75, 3.05) is 0 Å². The Hall–Kier alpha value is -1.84. The Kier molecular flexibility index (Phi) is 1.55. The van der Waals surface area contributed by atoms with Gasteiger partial charge in [-0.1, -0.05) is 0 Å². The van der Waals surface area contributed by atoms with Gasteiger partial charge in [0.25, 0.3) is 0 Å². The molecule has 4 nitrogen and oxygen atoms in total. The van der Waals surface area contributed by atoms with Crippen molar-refractivity contribution in [3.63, 3.8) is 0 Å². The average molecular weight is 176 g/mol. The molecule has 1 aromatic carbocycles. The number of carbonyl (C=O) groups is 1. The van der Waals surface area contributed by atoms with Gasteiger partial charge in [-0.05, 0) is 12.1 Å². The van der Waals surface area contributed by atoms with E-state index in [0.717, 1.165) is 0 Å². The number of hydrogen-bond donors (Lipinski definition) is 2. The molecular weight excluding hydrogens is 168 g/mol. The number of H-pyrrole nitrogens is 1. The number of ketones is 1. The van der Waals surface area contributed by atoms with Crippen molar-refractivity contribution in [1.29, 1.82) is 0 Å². The van der Waals surface area contributed by atoms with E-state index in [9.17, 15) is 4.79 Å². The molecule has 2 aromatic rings. The minimum absolute atomic E-state index is 0.115. The molecule has 0 aliphatic carbocycles. The number of rotatable bonds is 1. The van der Waals surface area contributed by atoms with E-state index in [1.807, 2.05) is 0 Å². The van der Waals surface area contributed by atoms with Crippen LogP contribution < -0.4 is 0 Å². The summed E-state index contributed by atoms with van der Waals surface area (Å²) in [5.74, 6) is 0.363. The van der Waals surface area contributed by atoms with Crippen LogP contribution in [0.4, 0.5) is 0 Å². The van der Waals surface area contributed by atoms with E-state index in [2.05, 4.69) is 9.97 Å². The molecule has 13 heavy (non-hydrogen) atoms. The third kappa shape index (κ3) is 1.26. The second-order valence-corrected chi connectivity index (χ2v) is 2.84. The van der Waals surface area contributed by atoms with E-state index in [4.69, 9.17) is 5.11 Å². The van der Waals surface area contributed by atoms with Crippen LogP contribution in [0.25, 0.3) is 11.0 Å². The molecule has 0 amide bonds. The molecule has 0 bridgehead atoms. The summed E-state index contributed by atoms with van der Waals surface area (Å²) in [4.78, 5) is 17.8. The Morgan fingerprint density at radius 3 is 3.00 bits per heavy atom. The van der Waals surface area contributed by atoms with Crippen LogP contribution in [0.5, 0.6) is 5.75 Å². The number of carbonyl (C=O) groups excluding carboxylic acids is 1. The quantitative estimate of drug-likeness (QED) is 0.646. The van der Waals surface area contributed by atoms with Crippen molar-refractivity contribution < 1.29 is 9.90 Å². The third-order valence-corrected chi connectivity index (χ3v) is 1.80. The number of phenols is 1. The van der Waals surface area contributed by atoms with Crippen LogP contribution in [0.3, 0.4) is 0 Å². The second-order valence-electron chi connectivity index (χ2n) is 2.84. The molecule has 2 rings (SSSR count). The number of Topliss-reactive ketones (excluding diaryl/α,β-unsaturated/α-hetero) is 1. The monoisotopic (exact) mass is 176 g/mol. The normalized spacial score (nSPS) is 10.5. The molecule has 0 radical (unpaired) electrons. The molecule has 1 heterocycles. The zero-order valence-corrected chi connectivity index (χ0v) is 7.03. The van der Waals surface area contributed by atoms with Gasteiger partial charge in [-0.2, -0.15) is 0 Å². The maximum Gasteiger partial charge on any atom is 0.195 e. The molecule has 2 N–H and O–H groups in total. The summed E-state index contributed by atoms with van der Waals surface area (Å²) in [6.07, 6.45) is 0. The van der Waals surface area contributed by atoms with E-state index in [-0.39, 0.29) is 11.5 Å². The van der Waals surface area contributed by atoms with Crippen LogP contribution in [0.1, 0.15) is 17.5 Å². The summed E-state index contributed by atoms with van der Waals surface area (Å²) in [6, 6.07) is 4.73. The second kappa shape index (κ2) is 2.58. The summed E-state index contributed by atoms with van der Waals surface area (Å²) in [5.41, 5.74) is 1.35. The van der Waals surface area contributed by atoms with Gasteiger partial charge in [0.2, 0.25) is 0 Å². The van der Waals surface area contributed by atoms with Gasteiger partial charge in [-0.25, -0.2) is 4.98 Å². The lowest BCUT2D eigenvalue weighted by Gasteiger charge is -1.88. The Balaban J connectivity index is 2.68. The van der Waals surface area contributed by atoms with Crippen molar-refractivity contribution in [2.45, 2.75) is 6.92 Å². The number of aromatic hydroxyl groups is 1. The molecule has 0 aliphatic heterocycles. The lowest BCUT2D eigenvalue weighted by molar-refractivity contribution is 0.100. The minimum Gasteiger partial charge on any atom is -0.508 e. The fraction of sp³-hybridized carbons (Fsp3) is 0.111. The summed E-state index contributed by atoms with van der Waals surface area (Å²) in [7, 11) is 0. The average Bonchev–Trinajstić information content (AvgIpc) is 2.46. The van der Waals surface area contributed by atoms with Crippen molar-refractivity contribution in [3.05, 3.63) is 24.0 Å². The van der Waals surface area contributed by atoms with Crippen LogP contribution in [-0.2, 0) is 0 Å². The molecule has 0 saturated heterocycles. The van der Waals surface area contributed by atoms with E-state index in [0.29, 0.717) is 16.9 Å². The summed E-state index contributed by atoms with van der Waals surface area (Å²) >= 11 is 0. The maximum atomic E-state index is 10.9. The fourth-order valence-corrected chi connectivity index (χ4v) is 1.16. The lowest BCUT2D eigenvalue weighted by Crippen LogP contribution is -1.93. The number of nitrogens with zero attached hydrogens (tertiary/aromatic N) is 1. The SMILES string of the molecule is CC(=O)c1nc2ccc(O)cc2[nH]1.